The molecule has 0 aliphatic rings. The van der Waals surface area contributed by atoms with Crippen LogP contribution in [-0.2, 0) is 4.79 Å². The number of carbonyl (C=O) groups is 1. The Bertz CT molecular complexity index is 664. The van der Waals surface area contributed by atoms with Crippen LogP contribution in [0.15, 0.2) is 0 Å². The van der Waals surface area contributed by atoms with Crippen molar-refractivity contribution in [3.63, 3.8) is 0 Å². The third-order valence-electron chi connectivity index (χ3n) is 3.37. The molecule has 0 saturated heterocycles. The van der Waals surface area contributed by atoms with Crippen LogP contribution in [-0.4, -0.2) is 27.1 Å². The maximum Gasteiger partial charge on any atom is 0.326 e. The molecule has 108 valence electrons. The number of carboxylic acid groups (broad SMARTS) is 1. The maximum atomic E-state index is 11.4. The van der Waals surface area contributed by atoms with Crippen LogP contribution >= 0.6 is 11.3 Å². The molecule has 0 saturated carbocycles. The van der Waals surface area contributed by atoms with Gasteiger partial charge in [-0.3, -0.25) is 0 Å². The highest BCUT2D eigenvalue weighted by atomic mass is 32.1. The van der Waals surface area contributed by atoms with Crippen LogP contribution < -0.4 is 5.32 Å². The van der Waals surface area contributed by atoms with Gasteiger partial charge in [-0.25, -0.2) is 14.8 Å². The molecule has 0 radical (unpaired) electrons. The molecule has 0 spiro atoms. The van der Waals surface area contributed by atoms with Crippen LogP contribution in [0.25, 0.3) is 10.2 Å². The van der Waals surface area contributed by atoms with Crippen LogP contribution in [0.5, 0.6) is 0 Å². The fourth-order valence-corrected chi connectivity index (χ4v) is 3.20. The number of anilines is 1. The number of aliphatic carboxylic acids is 1. The van der Waals surface area contributed by atoms with Gasteiger partial charge >= 0.3 is 5.97 Å². The molecule has 2 rings (SSSR count). The minimum Gasteiger partial charge on any atom is -0.480 e. The molecule has 0 aliphatic heterocycles. The quantitative estimate of drug-likeness (QED) is 0.905. The standard InChI is InChI=1S/C14H19N3O2S/c1-6(2)11(14(18)19)17-12-10-7(3)8(4)20-13(10)16-9(5)15-12/h6,11H,1-5H3,(H,18,19)(H,15,16,17)/t11-/m0/s1. The zero-order valence-corrected chi connectivity index (χ0v) is 13.1. The van der Waals surface area contributed by atoms with E-state index in [0.29, 0.717) is 11.6 Å². The van der Waals surface area contributed by atoms with Gasteiger partial charge in [-0.15, -0.1) is 11.3 Å². The van der Waals surface area contributed by atoms with E-state index >= 15 is 0 Å². The molecule has 2 N–H and O–H groups in total. The molecule has 20 heavy (non-hydrogen) atoms. The van der Waals surface area contributed by atoms with Gasteiger partial charge in [0.05, 0.1) is 5.39 Å². The summed E-state index contributed by atoms with van der Waals surface area (Å²) in [5.41, 5.74) is 1.11. The first kappa shape index (κ1) is 14.7. The molecule has 0 unspecified atom stereocenters. The second-order valence-corrected chi connectivity index (χ2v) is 6.49. The van der Waals surface area contributed by atoms with Crippen molar-refractivity contribution in [2.75, 3.05) is 5.32 Å². The Morgan fingerprint density at radius 2 is 1.90 bits per heavy atom. The van der Waals surface area contributed by atoms with Crippen molar-refractivity contribution >= 4 is 33.3 Å². The maximum absolute atomic E-state index is 11.4. The minimum atomic E-state index is -0.867. The Morgan fingerprint density at radius 1 is 1.25 bits per heavy atom. The molecular formula is C14H19N3O2S. The molecule has 5 nitrogen and oxygen atoms in total. The average molecular weight is 293 g/mol. The Labute approximate surface area is 122 Å². The Morgan fingerprint density at radius 3 is 2.45 bits per heavy atom. The van der Waals surface area contributed by atoms with Gasteiger partial charge in [-0.05, 0) is 32.3 Å². The van der Waals surface area contributed by atoms with Crippen molar-refractivity contribution in [2.24, 2.45) is 5.92 Å². The fourth-order valence-electron chi connectivity index (χ4n) is 2.12. The number of fused-ring (bicyclic) bond motifs is 1. The predicted molar refractivity (Wildman–Crippen MR) is 81.5 cm³/mol. The third kappa shape index (κ3) is 2.60. The van der Waals surface area contributed by atoms with E-state index in [0.717, 1.165) is 15.8 Å². The molecule has 0 amide bonds. The molecule has 0 aromatic carbocycles. The summed E-state index contributed by atoms with van der Waals surface area (Å²) in [4.78, 5) is 22.3. The second kappa shape index (κ2) is 5.36. The van der Waals surface area contributed by atoms with Gasteiger partial charge in [0.15, 0.2) is 0 Å². The summed E-state index contributed by atoms with van der Waals surface area (Å²) in [5.74, 6) is 0.372. The first-order valence-corrected chi connectivity index (χ1v) is 7.36. The number of hydrogen-bond acceptors (Lipinski definition) is 5. The monoisotopic (exact) mass is 293 g/mol. The number of carboxylic acids is 1. The molecule has 2 aromatic heterocycles. The van der Waals surface area contributed by atoms with Crippen molar-refractivity contribution in [1.82, 2.24) is 9.97 Å². The zero-order chi connectivity index (χ0) is 15.0. The van der Waals surface area contributed by atoms with Crippen LogP contribution in [0.3, 0.4) is 0 Å². The summed E-state index contributed by atoms with van der Waals surface area (Å²) in [5, 5.41) is 13.3. The van der Waals surface area contributed by atoms with E-state index in [9.17, 15) is 9.90 Å². The molecule has 2 aromatic rings. The normalized spacial score (nSPS) is 12.9. The topological polar surface area (TPSA) is 75.1 Å². The van der Waals surface area contributed by atoms with E-state index < -0.39 is 12.0 Å². The molecular weight excluding hydrogens is 274 g/mol. The van der Waals surface area contributed by atoms with Gasteiger partial charge in [-0.2, -0.15) is 0 Å². The van der Waals surface area contributed by atoms with Gasteiger partial charge in [0.2, 0.25) is 0 Å². The number of aryl methyl sites for hydroxylation is 3. The molecule has 0 aliphatic carbocycles. The predicted octanol–water partition coefficient (Wildman–Crippen LogP) is 3.14. The van der Waals surface area contributed by atoms with Crippen LogP contribution in [0.4, 0.5) is 5.82 Å². The highest BCUT2D eigenvalue weighted by Crippen LogP contribution is 2.33. The fraction of sp³-hybridized carbons (Fsp3) is 0.500. The van der Waals surface area contributed by atoms with E-state index in [1.54, 1.807) is 11.3 Å². The largest absolute Gasteiger partial charge is 0.480 e. The second-order valence-electron chi connectivity index (χ2n) is 5.29. The lowest BCUT2D eigenvalue weighted by Gasteiger charge is -2.19. The number of rotatable bonds is 4. The summed E-state index contributed by atoms with van der Waals surface area (Å²) < 4.78 is 0. The van der Waals surface area contributed by atoms with E-state index in [1.807, 2.05) is 34.6 Å². The minimum absolute atomic E-state index is 0.0298. The van der Waals surface area contributed by atoms with E-state index in [-0.39, 0.29) is 5.92 Å². The van der Waals surface area contributed by atoms with Crippen LogP contribution in [0, 0.1) is 26.7 Å². The summed E-state index contributed by atoms with van der Waals surface area (Å²) in [7, 11) is 0. The zero-order valence-electron chi connectivity index (χ0n) is 12.3. The highest BCUT2D eigenvalue weighted by molar-refractivity contribution is 7.18. The SMILES string of the molecule is Cc1nc(N[C@H](C(=O)O)C(C)C)c2c(C)c(C)sc2n1. The van der Waals surface area contributed by atoms with E-state index in [2.05, 4.69) is 15.3 Å². The lowest BCUT2D eigenvalue weighted by atomic mass is 10.0. The summed E-state index contributed by atoms with van der Waals surface area (Å²) >= 11 is 1.61. The number of thiophene rings is 1. The van der Waals surface area contributed by atoms with Gasteiger partial charge in [0, 0.05) is 4.88 Å². The number of aromatic nitrogens is 2. The van der Waals surface area contributed by atoms with Crippen LogP contribution in [0.2, 0.25) is 0 Å². The van der Waals surface area contributed by atoms with Crippen molar-refractivity contribution in [2.45, 2.75) is 40.7 Å². The number of hydrogen-bond donors (Lipinski definition) is 2. The lowest BCUT2D eigenvalue weighted by Crippen LogP contribution is -2.34. The van der Waals surface area contributed by atoms with E-state index in [1.165, 1.54) is 4.88 Å². The van der Waals surface area contributed by atoms with Gasteiger partial charge in [-0.1, -0.05) is 13.8 Å². The molecule has 0 fully saturated rings. The number of nitrogens with one attached hydrogen (secondary N) is 1. The Hall–Kier alpha value is -1.69. The van der Waals surface area contributed by atoms with Crippen LogP contribution in [0.1, 0.15) is 30.1 Å². The molecule has 0 bridgehead atoms. The molecule has 1 atom stereocenters. The lowest BCUT2D eigenvalue weighted by molar-refractivity contribution is -0.138. The first-order valence-electron chi connectivity index (χ1n) is 6.55. The van der Waals surface area contributed by atoms with Crippen molar-refractivity contribution in [3.8, 4) is 0 Å². The summed E-state index contributed by atoms with van der Waals surface area (Å²) in [6.45, 7) is 9.63. The molecule has 6 heteroatoms. The summed E-state index contributed by atoms with van der Waals surface area (Å²) in [6.07, 6.45) is 0. The van der Waals surface area contributed by atoms with Gasteiger partial charge in [0.25, 0.3) is 0 Å². The molecule has 2 heterocycles. The van der Waals surface area contributed by atoms with Gasteiger partial charge in [0.1, 0.15) is 22.5 Å². The Kier molecular flexibility index (Phi) is 3.94. The summed E-state index contributed by atoms with van der Waals surface area (Å²) in [6, 6.07) is -0.660. The number of nitrogens with zero attached hydrogens (tertiary/aromatic N) is 2. The van der Waals surface area contributed by atoms with E-state index in [4.69, 9.17) is 0 Å². The third-order valence-corrected chi connectivity index (χ3v) is 4.47. The smallest absolute Gasteiger partial charge is 0.326 e. The highest BCUT2D eigenvalue weighted by Gasteiger charge is 2.24. The van der Waals surface area contributed by atoms with Crippen molar-refractivity contribution in [1.29, 1.82) is 0 Å². The van der Waals surface area contributed by atoms with Crippen molar-refractivity contribution < 1.29 is 9.90 Å². The van der Waals surface area contributed by atoms with Gasteiger partial charge < -0.3 is 10.4 Å². The first-order chi connectivity index (χ1) is 9.31. The van der Waals surface area contributed by atoms with Crippen molar-refractivity contribution in [3.05, 3.63) is 16.3 Å². The Balaban J connectivity index is 2.55. The average Bonchev–Trinajstić information content (AvgIpc) is 2.60.